The molecule has 0 saturated heterocycles. The average molecular weight is 310 g/mol. The Morgan fingerprint density at radius 3 is 3.04 bits per heavy atom. The minimum atomic E-state index is -0.0404. The molecule has 3 heterocycles. The number of hydrogen-bond acceptors (Lipinski definition) is 3. The lowest BCUT2D eigenvalue weighted by Gasteiger charge is -2.20. The molecule has 0 saturated carbocycles. The third-order valence-electron chi connectivity index (χ3n) is 4.30. The van der Waals surface area contributed by atoms with Crippen molar-refractivity contribution in [3.8, 4) is 5.75 Å². The molecule has 1 atom stereocenters. The fourth-order valence-electron chi connectivity index (χ4n) is 3.15. The van der Waals surface area contributed by atoms with Crippen LogP contribution in [-0.2, 0) is 13.5 Å². The number of ether oxygens (including phenoxy) is 1. The number of likely N-dealkylation sites (N-methyl/N-ethyl adjacent to an activating group) is 1. The Bertz CT molecular complexity index is 855. The van der Waals surface area contributed by atoms with Crippen molar-refractivity contribution in [3.63, 3.8) is 0 Å². The Hall–Kier alpha value is -2.76. The second-order valence-corrected chi connectivity index (χ2v) is 5.97. The van der Waals surface area contributed by atoms with E-state index < -0.39 is 0 Å². The maximum atomic E-state index is 12.7. The summed E-state index contributed by atoms with van der Waals surface area (Å²) in [4.78, 5) is 14.4. The first kappa shape index (κ1) is 13.9. The van der Waals surface area contributed by atoms with E-state index in [0.717, 1.165) is 17.8 Å². The van der Waals surface area contributed by atoms with E-state index in [0.29, 0.717) is 12.1 Å². The highest BCUT2D eigenvalue weighted by Gasteiger charge is 2.26. The Morgan fingerprint density at radius 1 is 1.39 bits per heavy atom. The Labute approximate surface area is 133 Å². The quantitative estimate of drug-likeness (QED) is 0.740. The molecule has 0 N–H and O–H groups in total. The first-order chi connectivity index (χ1) is 11.1. The van der Waals surface area contributed by atoms with Gasteiger partial charge in [0.05, 0.1) is 12.7 Å². The molecule has 3 aromatic rings. The molecular weight excluding hydrogens is 292 g/mol. The standard InChI is InChI=1S/C17H18N4O2/c1-19-7-8-21-16(19)14(10-18-21)17(22)20(2)11-13-9-12-5-3-4-6-15(12)23-13/h3-8,10,13H,9,11H2,1-2H3/t13-/m0/s1. The van der Waals surface area contributed by atoms with Crippen LogP contribution in [0.2, 0.25) is 0 Å². The predicted molar refractivity (Wildman–Crippen MR) is 85.7 cm³/mol. The summed E-state index contributed by atoms with van der Waals surface area (Å²) in [6.45, 7) is 0.551. The van der Waals surface area contributed by atoms with Crippen LogP contribution in [0.3, 0.4) is 0 Å². The van der Waals surface area contributed by atoms with Crippen LogP contribution in [0.25, 0.3) is 5.65 Å². The summed E-state index contributed by atoms with van der Waals surface area (Å²) in [5, 5.41) is 4.22. The average Bonchev–Trinajstić information content (AvgIpc) is 3.22. The van der Waals surface area contributed by atoms with Gasteiger partial charge in [-0.2, -0.15) is 5.10 Å². The number of carbonyl (C=O) groups is 1. The Morgan fingerprint density at radius 2 is 2.22 bits per heavy atom. The highest BCUT2D eigenvalue weighted by Crippen LogP contribution is 2.28. The zero-order valence-electron chi connectivity index (χ0n) is 13.1. The smallest absolute Gasteiger partial charge is 0.259 e. The van der Waals surface area contributed by atoms with Crippen molar-refractivity contribution in [1.82, 2.24) is 19.1 Å². The summed E-state index contributed by atoms with van der Waals surface area (Å²) in [6, 6.07) is 8.03. The summed E-state index contributed by atoms with van der Waals surface area (Å²) >= 11 is 0. The van der Waals surface area contributed by atoms with Gasteiger partial charge in [0.15, 0.2) is 0 Å². The van der Waals surface area contributed by atoms with E-state index >= 15 is 0 Å². The minimum absolute atomic E-state index is 0.000766. The number of amides is 1. The van der Waals surface area contributed by atoms with Gasteiger partial charge in [-0.3, -0.25) is 4.79 Å². The summed E-state index contributed by atoms with van der Waals surface area (Å²) in [5.74, 6) is 0.884. The van der Waals surface area contributed by atoms with Crippen LogP contribution in [-0.4, -0.2) is 44.7 Å². The molecule has 0 unspecified atom stereocenters. The zero-order valence-corrected chi connectivity index (χ0v) is 13.1. The van der Waals surface area contributed by atoms with Gasteiger partial charge >= 0.3 is 0 Å². The first-order valence-electron chi connectivity index (χ1n) is 7.62. The fraction of sp³-hybridized carbons (Fsp3) is 0.294. The van der Waals surface area contributed by atoms with Crippen LogP contribution in [0.4, 0.5) is 0 Å². The Kier molecular flexibility index (Phi) is 3.11. The molecule has 1 aromatic carbocycles. The molecule has 0 spiro atoms. The van der Waals surface area contributed by atoms with E-state index in [1.54, 1.807) is 22.7 Å². The summed E-state index contributed by atoms with van der Waals surface area (Å²) in [7, 11) is 3.71. The van der Waals surface area contributed by atoms with Crippen LogP contribution < -0.4 is 4.74 Å². The number of imidazole rings is 1. The molecule has 118 valence electrons. The lowest BCUT2D eigenvalue weighted by Crippen LogP contribution is -2.36. The van der Waals surface area contributed by atoms with Gasteiger partial charge in [0.2, 0.25) is 0 Å². The minimum Gasteiger partial charge on any atom is -0.488 e. The van der Waals surface area contributed by atoms with Crippen LogP contribution in [0.1, 0.15) is 15.9 Å². The molecule has 6 heteroatoms. The van der Waals surface area contributed by atoms with E-state index in [4.69, 9.17) is 4.74 Å². The van der Waals surface area contributed by atoms with E-state index in [9.17, 15) is 4.79 Å². The molecule has 23 heavy (non-hydrogen) atoms. The van der Waals surface area contributed by atoms with Crippen molar-refractivity contribution >= 4 is 11.6 Å². The zero-order chi connectivity index (χ0) is 16.0. The molecule has 0 radical (unpaired) electrons. The lowest BCUT2D eigenvalue weighted by molar-refractivity contribution is 0.0732. The number of hydrogen-bond donors (Lipinski definition) is 0. The largest absolute Gasteiger partial charge is 0.488 e. The molecule has 0 fully saturated rings. The molecule has 0 bridgehead atoms. The maximum absolute atomic E-state index is 12.7. The van der Waals surface area contributed by atoms with Crippen molar-refractivity contribution in [1.29, 1.82) is 0 Å². The number of carbonyl (C=O) groups excluding carboxylic acids is 1. The molecule has 1 aliphatic heterocycles. The molecular formula is C17H18N4O2. The third kappa shape index (κ3) is 2.27. The first-order valence-corrected chi connectivity index (χ1v) is 7.62. The van der Waals surface area contributed by atoms with Gasteiger partial charge in [-0.1, -0.05) is 18.2 Å². The van der Waals surface area contributed by atoms with Gasteiger partial charge in [-0.25, -0.2) is 4.52 Å². The topological polar surface area (TPSA) is 51.8 Å². The molecule has 1 aliphatic rings. The van der Waals surface area contributed by atoms with E-state index in [1.165, 1.54) is 5.56 Å². The SMILES string of the molecule is CN(C[C@@H]1Cc2ccccc2O1)C(=O)c1cnn2ccn(C)c12. The number of aromatic nitrogens is 3. The maximum Gasteiger partial charge on any atom is 0.259 e. The number of fused-ring (bicyclic) bond motifs is 2. The number of nitrogens with zero attached hydrogens (tertiary/aromatic N) is 4. The van der Waals surface area contributed by atoms with Crippen LogP contribution in [0.5, 0.6) is 5.75 Å². The van der Waals surface area contributed by atoms with E-state index in [-0.39, 0.29) is 12.0 Å². The van der Waals surface area contributed by atoms with E-state index in [1.807, 2.05) is 42.2 Å². The fourth-order valence-corrected chi connectivity index (χ4v) is 3.15. The summed E-state index contributed by atoms with van der Waals surface area (Å²) < 4.78 is 9.53. The monoisotopic (exact) mass is 310 g/mol. The summed E-state index contributed by atoms with van der Waals surface area (Å²) in [5.41, 5.74) is 2.61. The van der Waals surface area contributed by atoms with Gasteiger partial charge in [0.25, 0.3) is 5.91 Å². The second-order valence-electron chi connectivity index (χ2n) is 5.97. The van der Waals surface area contributed by atoms with E-state index in [2.05, 4.69) is 11.2 Å². The molecule has 0 aliphatic carbocycles. The Balaban J connectivity index is 1.50. The van der Waals surface area contributed by atoms with Crippen molar-refractivity contribution in [2.45, 2.75) is 12.5 Å². The van der Waals surface area contributed by atoms with Crippen LogP contribution in [0.15, 0.2) is 42.9 Å². The second kappa shape index (κ2) is 5.15. The van der Waals surface area contributed by atoms with Crippen molar-refractivity contribution in [2.24, 2.45) is 7.05 Å². The van der Waals surface area contributed by atoms with Gasteiger partial charge in [-0.05, 0) is 11.6 Å². The lowest BCUT2D eigenvalue weighted by atomic mass is 10.1. The van der Waals surface area contributed by atoms with Gasteiger partial charge in [0, 0.05) is 32.9 Å². The number of aryl methyl sites for hydroxylation is 1. The van der Waals surface area contributed by atoms with Gasteiger partial charge in [-0.15, -0.1) is 0 Å². The highest BCUT2D eigenvalue weighted by molar-refractivity contribution is 5.99. The van der Waals surface area contributed by atoms with Crippen LogP contribution >= 0.6 is 0 Å². The van der Waals surface area contributed by atoms with Crippen molar-refractivity contribution < 1.29 is 9.53 Å². The van der Waals surface area contributed by atoms with Gasteiger partial charge < -0.3 is 14.2 Å². The number of benzene rings is 1. The number of para-hydroxylation sites is 1. The van der Waals surface area contributed by atoms with Crippen molar-refractivity contribution in [2.75, 3.05) is 13.6 Å². The third-order valence-corrected chi connectivity index (χ3v) is 4.30. The highest BCUT2D eigenvalue weighted by atomic mass is 16.5. The molecule has 1 amide bonds. The van der Waals surface area contributed by atoms with Crippen molar-refractivity contribution in [3.05, 3.63) is 54.0 Å². The van der Waals surface area contributed by atoms with Gasteiger partial charge in [0.1, 0.15) is 23.1 Å². The van der Waals surface area contributed by atoms with Crippen LogP contribution in [0, 0.1) is 0 Å². The molecule has 2 aromatic heterocycles. The molecule has 6 nitrogen and oxygen atoms in total. The summed E-state index contributed by atoms with van der Waals surface area (Å²) in [6.07, 6.45) is 6.18. The predicted octanol–water partition coefficient (Wildman–Crippen LogP) is 1.75. The normalized spacial score (nSPS) is 16.3. The molecule has 4 rings (SSSR count). The number of rotatable bonds is 3.